The molecule has 0 amide bonds. The summed E-state index contributed by atoms with van der Waals surface area (Å²) in [6.07, 6.45) is 1.58. The van der Waals surface area contributed by atoms with Crippen molar-refractivity contribution in [2.75, 3.05) is 6.54 Å². The molecule has 18 heavy (non-hydrogen) atoms. The molecule has 0 saturated carbocycles. The fourth-order valence-corrected chi connectivity index (χ4v) is 1.92. The van der Waals surface area contributed by atoms with Crippen LogP contribution < -0.4 is 5.32 Å². The number of rotatable bonds is 8. The zero-order chi connectivity index (χ0) is 13.5. The molecule has 0 fully saturated rings. The maximum Gasteiger partial charge on any atom is 0.307 e. The number of carbonyl (C=O) groups is 1. The summed E-state index contributed by atoms with van der Waals surface area (Å²) in [5.74, 6) is 1.16. The van der Waals surface area contributed by atoms with E-state index in [9.17, 15) is 4.79 Å². The van der Waals surface area contributed by atoms with Crippen LogP contribution in [0, 0.1) is 11.8 Å². The lowest BCUT2D eigenvalue weighted by molar-refractivity contribution is -0.142. The van der Waals surface area contributed by atoms with E-state index in [0.29, 0.717) is 25.4 Å². The largest absolute Gasteiger partial charge is 0.481 e. The van der Waals surface area contributed by atoms with E-state index in [-0.39, 0.29) is 5.92 Å². The average molecular weight is 253 g/mol. The lowest BCUT2D eigenvalue weighted by atomic mass is 9.97. The zero-order valence-corrected chi connectivity index (χ0v) is 11.4. The van der Waals surface area contributed by atoms with Crippen molar-refractivity contribution >= 4 is 5.97 Å². The lowest BCUT2D eigenvalue weighted by Crippen LogP contribution is -2.29. The molecule has 1 heterocycles. The summed E-state index contributed by atoms with van der Waals surface area (Å²) in [6, 6.07) is 3.89. The normalized spacial score (nSPS) is 12.9. The maximum atomic E-state index is 11.1. The van der Waals surface area contributed by atoms with Gasteiger partial charge in [-0.1, -0.05) is 20.8 Å². The summed E-state index contributed by atoms with van der Waals surface area (Å²) >= 11 is 0. The summed E-state index contributed by atoms with van der Waals surface area (Å²) in [6.45, 7) is 7.18. The Morgan fingerprint density at radius 3 is 2.56 bits per heavy atom. The van der Waals surface area contributed by atoms with Crippen LogP contribution in [-0.4, -0.2) is 17.6 Å². The van der Waals surface area contributed by atoms with Crippen LogP contribution in [0.25, 0.3) is 0 Å². The number of nitrogens with one attached hydrogen (secondary N) is 1. The molecule has 1 atom stereocenters. The summed E-state index contributed by atoms with van der Waals surface area (Å²) in [7, 11) is 0. The number of aryl methyl sites for hydroxylation is 1. The number of furan rings is 1. The van der Waals surface area contributed by atoms with E-state index in [2.05, 4.69) is 5.32 Å². The predicted octanol–water partition coefficient (Wildman–Crippen LogP) is 2.68. The molecule has 1 aromatic heterocycles. The van der Waals surface area contributed by atoms with Crippen molar-refractivity contribution in [1.29, 1.82) is 0 Å². The molecule has 102 valence electrons. The Bertz CT molecular complexity index is 371. The average Bonchev–Trinajstić information content (AvgIpc) is 2.75. The highest BCUT2D eigenvalue weighted by molar-refractivity contribution is 5.70. The number of hydrogen-bond acceptors (Lipinski definition) is 3. The van der Waals surface area contributed by atoms with E-state index >= 15 is 0 Å². The van der Waals surface area contributed by atoms with Crippen molar-refractivity contribution < 1.29 is 14.3 Å². The van der Waals surface area contributed by atoms with Gasteiger partial charge in [-0.3, -0.25) is 4.79 Å². The first-order valence-electron chi connectivity index (χ1n) is 6.54. The summed E-state index contributed by atoms with van der Waals surface area (Å²) in [5, 5.41) is 12.2. The van der Waals surface area contributed by atoms with Crippen LogP contribution in [0.15, 0.2) is 16.5 Å². The van der Waals surface area contributed by atoms with Crippen LogP contribution in [0.3, 0.4) is 0 Å². The van der Waals surface area contributed by atoms with Gasteiger partial charge in [0.1, 0.15) is 11.5 Å². The van der Waals surface area contributed by atoms with Gasteiger partial charge in [0.2, 0.25) is 0 Å². The summed E-state index contributed by atoms with van der Waals surface area (Å²) < 4.78 is 5.55. The monoisotopic (exact) mass is 253 g/mol. The van der Waals surface area contributed by atoms with Gasteiger partial charge in [0.25, 0.3) is 0 Å². The molecule has 4 nitrogen and oxygen atoms in total. The molecule has 0 saturated heterocycles. The zero-order valence-electron chi connectivity index (χ0n) is 11.4. The quantitative estimate of drug-likeness (QED) is 0.747. The van der Waals surface area contributed by atoms with E-state index in [1.54, 1.807) is 0 Å². The summed E-state index contributed by atoms with van der Waals surface area (Å²) in [5.41, 5.74) is 0. The number of carboxylic acids is 1. The molecule has 4 heteroatoms. The first-order chi connectivity index (χ1) is 8.52. The highest BCUT2D eigenvalue weighted by atomic mass is 16.4. The Morgan fingerprint density at radius 1 is 1.39 bits per heavy atom. The van der Waals surface area contributed by atoms with Gasteiger partial charge in [-0.15, -0.1) is 0 Å². The second-order valence-corrected chi connectivity index (χ2v) is 5.02. The smallest absolute Gasteiger partial charge is 0.307 e. The molecule has 0 aliphatic carbocycles. The molecule has 0 aromatic carbocycles. The number of aliphatic carboxylic acids is 1. The van der Waals surface area contributed by atoms with Crippen LogP contribution in [0.2, 0.25) is 0 Å². The van der Waals surface area contributed by atoms with Crippen LogP contribution in [-0.2, 0) is 17.8 Å². The van der Waals surface area contributed by atoms with Crippen molar-refractivity contribution in [1.82, 2.24) is 5.32 Å². The van der Waals surface area contributed by atoms with Gasteiger partial charge in [0, 0.05) is 13.0 Å². The van der Waals surface area contributed by atoms with Crippen LogP contribution >= 0.6 is 0 Å². The molecular formula is C14H23NO3. The van der Waals surface area contributed by atoms with E-state index in [0.717, 1.165) is 17.9 Å². The second kappa shape index (κ2) is 7.21. The summed E-state index contributed by atoms with van der Waals surface area (Å²) in [4.78, 5) is 11.1. The molecule has 1 unspecified atom stereocenters. The number of carboxylic acid groups (broad SMARTS) is 1. The van der Waals surface area contributed by atoms with Crippen molar-refractivity contribution in [2.45, 2.75) is 40.2 Å². The van der Waals surface area contributed by atoms with Crippen molar-refractivity contribution in [2.24, 2.45) is 11.8 Å². The Morgan fingerprint density at radius 2 is 2.06 bits per heavy atom. The molecule has 0 aliphatic heterocycles. The van der Waals surface area contributed by atoms with Gasteiger partial charge in [-0.25, -0.2) is 0 Å². The Kier molecular flexibility index (Phi) is 5.92. The van der Waals surface area contributed by atoms with Crippen LogP contribution in [0.5, 0.6) is 0 Å². The number of hydrogen-bond donors (Lipinski definition) is 2. The first-order valence-corrected chi connectivity index (χ1v) is 6.54. The van der Waals surface area contributed by atoms with Crippen LogP contribution in [0.4, 0.5) is 0 Å². The van der Waals surface area contributed by atoms with Crippen LogP contribution in [0.1, 0.15) is 38.7 Å². The lowest BCUT2D eigenvalue weighted by Gasteiger charge is -2.14. The Balaban J connectivity index is 2.36. The highest BCUT2D eigenvalue weighted by Gasteiger charge is 2.18. The van der Waals surface area contributed by atoms with Crippen molar-refractivity contribution in [3.05, 3.63) is 23.7 Å². The molecule has 1 aromatic rings. The first kappa shape index (κ1) is 14.8. The van der Waals surface area contributed by atoms with E-state index in [1.807, 2.05) is 32.9 Å². The molecule has 0 spiro atoms. The standard InChI is InChI=1S/C14H23NO3/c1-4-12-5-6-13(18-12)9-15-8-11(14(16)17)7-10(2)3/h5-6,10-11,15H,4,7-9H2,1-3H3,(H,16,17). The van der Waals surface area contributed by atoms with E-state index in [1.165, 1.54) is 0 Å². The minimum atomic E-state index is -0.732. The van der Waals surface area contributed by atoms with Gasteiger partial charge in [-0.2, -0.15) is 0 Å². The van der Waals surface area contributed by atoms with Gasteiger partial charge in [0.15, 0.2) is 0 Å². The Labute approximate surface area is 108 Å². The SMILES string of the molecule is CCc1ccc(CNCC(CC(C)C)C(=O)O)o1. The molecule has 2 N–H and O–H groups in total. The Hall–Kier alpha value is -1.29. The van der Waals surface area contributed by atoms with Crippen molar-refractivity contribution in [3.8, 4) is 0 Å². The highest BCUT2D eigenvalue weighted by Crippen LogP contribution is 2.12. The molecule has 0 bridgehead atoms. The minimum Gasteiger partial charge on any atom is -0.481 e. The van der Waals surface area contributed by atoms with E-state index in [4.69, 9.17) is 9.52 Å². The third kappa shape index (κ3) is 4.92. The fraction of sp³-hybridized carbons (Fsp3) is 0.643. The predicted molar refractivity (Wildman–Crippen MR) is 70.4 cm³/mol. The third-order valence-electron chi connectivity index (χ3n) is 2.86. The topological polar surface area (TPSA) is 62.5 Å². The minimum absolute atomic E-state index is 0.328. The van der Waals surface area contributed by atoms with Gasteiger partial charge in [-0.05, 0) is 24.5 Å². The van der Waals surface area contributed by atoms with Gasteiger partial charge in [0.05, 0.1) is 12.5 Å². The fourth-order valence-electron chi connectivity index (χ4n) is 1.92. The molecule has 0 radical (unpaired) electrons. The molecule has 0 aliphatic rings. The van der Waals surface area contributed by atoms with Gasteiger partial charge >= 0.3 is 5.97 Å². The van der Waals surface area contributed by atoms with E-state index < -0.39 is 5.97 Å². The van der Waals surface area contributed by atoms with Crippen molar-refractivity contribution in [3.63, 3.8) is 0 Å². The molecule has 1 rings (SSSR count). The second-order valence-electron chi connectivity index (χ2n) is 5.02. The maximum absolute atomic E-state index is 11.1. The van der Waals surface area contributed by atoms with Gasteiger partial charge < -0.3 is 14.8 Å². The molecular weight excluding hydrogens is 230 g/mol. The third-order valence-corrected chi connectivity index (χ3v) is 2.86.